The zero-order chi connectivity index (χ0) is 21.9. The highest BCUT2D eigenvalue weighted by Gasteiger charge is 2.10. The summed E-state index contributed by atoms with van der Waals surface area (Å²) >= 11 is 0. The van der Waals surface area contributed by atoms with E-state index >= 15 is 0 Å². The lowest BCUT2D eigenvalue weighted by Gasteiger charge is -2.06. The zero-order valence-electron chi connectivity index (χ0n) is 19.0. The molecule has 0 radical (unpaired) electrons. The monoisotopic (exact) mass is 424 g/mol. The second kappa shape index (κ2) is 18.3. The first-order chi connectivity index (χ1) is 14.6. The standard InChI is InChI=1S/C26H42F2O2/c1-2-3-4-5-6-7-8-9-10-11-12-13-14-15-16-17-18-21-30-26(29)23-19-20-24(27)25(28)22-23/h19-20,22H,2-18,21H2,1H3. The molecule has 0 saturated carbocycles. The molecule has 0 atom stereocenters. The van der Waals surface area contributed by atoms with Gasteiger partial charge in [0.05, 0.1) is 12.2 Å². The fraction of sp³-hybridized carbons (Fsp3) is 0.731. The number of esters is 1. The van der Waals surface area contributed by atoms with E-state index in [0.717, 1.165) is 31.4 Å². The first-order valence-corrected chi connectivity index (χ1v) is 12.3. The van der Waals surface area contributed by atoms with Crippen molar-refractivity contribution in [3.8, 4) is 0 Å². The fourth-order valence-electron chi connectivity index (χ4n) is 3.70. The van der Waals surface area contributed by atoms with Gasteiger partial charge < -0.3 is 4.74 Å². The van der Waals surface area contributed by atoms with Crippen LogP contribution in [0.2, 0.25) is 0 Å². The lowest BCUT2D eigenvalue weighted by Crippen LogP contribution is -2.07. The molecule has 0 saturated heterocycles. The van der Waals surface area contributed by atoms with Gasteiger partial charge in [0, 0.05) is 0 Å². The van der Waals surface area contributed by atoms with E-state index in [9.17, 15) is 13.6 Å². The van der Waals surface area contributed by atoms with Crippen LogP contribution >= 0.6 is 0 Å². The Morgan fingerprint density at radius 1 is 0.667 bits per heavy atom. The molecule has 0 aliphatic carbocycles. The van der Waals surface area contributed by atoms with Gasteiger partial charge in [-0.3, -0.25) is 0 Å². The Morgan fingerprint density at radius 3 is 1.53 bits per heavy atom. The molecular formula is C26H42F2O2. The van der Waals surface area contributed by atoms with Gasteiger partial charge in [-0.15, -0.1) is 0 Å². The number of hydrogen-bond acceptors (Lipinski definition) is 2. The third-order valence-corrected chi connectivity index (χ3v) is 5.64. The van der Waals surface area contributed by atoms with Gasteiger partial charge in [0.2, 0.25) is 0 Å². The molecule has 0 amide bonds. The van der Waals surface area contributed by atoms with Crippen LogP contribution in [0.3, 0.4) is 0 Å². The van der Waals surface area contributed by atoms with Crippen LogP contribution in [0.15, 0.2) is 18.2 Å². The molecule has 0 aliphatic rings. The molecule has 0 spiro atoms. The number of ether oxygens (including phenoxy) is 1. The summed E-state index contributed by atoms with van der Waals surface area (Å²) in [5.74, 6) is -2.58. The summed E-state index contributed by atoms with van der Waals surface area (Å²) in [4.78, 5) is 11.8. The van der Waals surface area contributed by atoms with Crippen molar-refractivity contribution < 1.29 is 18.3 Å². The van der Waals surface area contributed by atoms with E-state index in [1.807, 2.05) is 0 Å². The summed E-state index contributed by atoms with van der Waals surface area (Å²) in [6, 6.07) is 3.07. The van der Waals surface area contributed by atoms with Gasteiger partial charge in [-0.25, -0.2) is 13.6 Å². The smallest absolute Gasteiger partial charge is 0.338 e. The molecule has 0 heterocycles. The summed E-state index contributed by atoms with van der Waals surface area (Å²) in [7, 11) is 0. The third kappa shape index (κ3) is 13.7. The lowest BCUT2D eigenvalue weighted by molar-refractivity contribution is 0.0497. The van der Waals surface area contributed by atoms with E-state index in [4.69, 9.17) is 4.74 Å². The predicted molar refractivity (Wildman–Crippen MR) is 121 cm³/mol. The van der Waals surface area contributed by atoms with Crippen molar-refractivity contribution in [1.82, 2.24) is 0 Å². The van der Waals surface area contributed by atoms with Crippen molar-refractivity contribution in [3.05, 3.63) is 35.4 Å². The van der Waals surface area contributed by atoms with Gasteiger partial charge in [-0.1, -0.05) is 110 Å². The van der Waals surface area contributed by atoms with Crippen LogP contribution in [0.25, 0.3) is 0 Å². The molecule has 0 bridgehead atoms. The molecule has 1 aromatic rings. The Hall–Kier alpha value is -1.45. The van der Waals surface area contributed by atoms with Gasteiger partial charge in [-0.05, 0) is 24.6 Å². The molecule has 172 valence electrons. The Balaban J connectivity index is 1.81. The number of hydrogen-bond donors (Lipinski definition) is 0. The molecule has 0 aromatic heterocycles. The number of carbonyl (C=O) groups excluding carboxylic acids is 1. The Labute approximate surface area is 182 Å². The van der Waals surface area contributed by atoms with Crippen molar-refractivity contribution in [2.45, 2.75) is 116 Å². The number of benzene rings is 1. The van der Waals surface area contributed by atoms with Gasteiger partial charge in [0.1, 0.15) is 0 Å². The van der Waals surface area contributed by atoms with Crippen molar-refractivity contribution in [2.75, 3.05) is 6.61 Å². The average Bonchev–Trinajstić information content (AvgIpc) is 2.74. The summed E-state index contributed by atoms with van der Waals surface area (Å²) in [5, 5.41) is 0. The van der Waals surface area contributed by atoms with Crippen LogP contribution in [0.1, 0.15) is 126 Å². The van der Waals surface area contributed by atoms with E-state index in [-0.39, 0.29) is 5.56 Å². The maximum Gasteiger partial charge on any atom is 0.338 e. The van der Waals surface area contributed by atoms with E-state index in [1.165, 1.54) is 96.0 Å². The van der Waals surface area contributed by atoms with Gasteiger partial charge in [0.25, 0.3) is 0 Å². The zero-order valence-corrected chi connectivity index (χ0v) is 19.0. The molecule has 0 N–H and O–H groups in total. The SMILES string of the molecule is CCCCCCCCCCCCCCCCCCCOC(=O)c1ccc(F)c(F)c1. The molecule has 2 nitrogen and oxygen atoms in total. The molecule has 4 heteroatoms. The van der Waals surface area contributed by atoms with Crippen LogP contribution in [-0.4, -0.2) is 12.6 Å². The maximum absolute atomic E-state index is 13.1. The van der Waals surface area contributed by atoms with Crippen molar-refractivity contribution in [1.29, 1.82) is 0 Å². The Bertz CT molecular complexity index is 560. The van der Waals surface area contributed by atoms with E-state index in [1.54, 1.807) is 0 Å². The van der Waals surface area contributed by atoms with Crippen LogP contribution < -0.4 is 0 Å². The quantitative estimate of drug-likeness (QED) is 0.164. The minimum absolute atomic E-state index is 0.0564. The number of unbranched alkanes of at least 4 members (excludes halogenated alkanes) is 16. The Morgan fingerprint density at radius 2 is 1.10 bits per heavy atom. The molecule has 1 aromatic carbocycles. The molecule has 1 rings (SSSR count). The van der Waals surface area contributed by atoms with Crippen molar-refractivity contribution >= 4 is 5.97 Å². The second-order valence-corrected chi connectivity index (χ2v) is 8.42. The fourth-order valence-corrected chi connectivity index (χ4v) is 3.70. The predicted octanol–water partition coefficient (Wildman–Crippen LogP) is 8.77. The van der Waals surface area contributed by atoms with Crippen molar-refractivity contribution in [2.24, 2.45) is 0 Å². The minimum Gasteiger partial charge on any atom is -0.462 e. The lowest BCUT2D eigenvalue weighted by atomic mass is 10.0. The largest absolute Gasteiger partial charge is 0.462 e. The van der Waals surface area contributed by atoms with Crippen LogP contribution in [-0.2, 0) is 4.74 Å². The van der Waals surface area contributed by atoms with E-state index < -0.39 is 17.6 Å². The van der Waals surface area contributed by atoms with Crippen LogP contribution in [0.4, 0.5) is 8.78 Å². The average molecular weight is 425 g/mol. The molecule has 0 unspecified atom stereocenters. The molecule has 0 fully saturated rings. The van der Waals surface area contributed by atoms with E-state index in [0.29, 0.717) is 6.61 Å². The second-order valence-electron chi connectivity index (χ2n) is 8.42. The highest BCUT2D eigenvalue weighted by Crippen LogP contribution is 2.14. The Kier molecular flexibility index (Phi) is 16.2. The summed E-state index contributed by atoms with van der Waals surface area (Å²) in [5.41, 5.74) is 0.0564. The third-order valence-electron chi connectivity index (χ3n) is 5.64. The number of halogens is 2. The topological polar surface area (TPSA) is 26.3 Å². The molecule has 30 heavy (non-hydrogen) atoms. The highest BCUT2D eigenvalue weighted by atomic mass is 19.2. The van der Waals surface area contributed by atoms with Crippen molar-refractivity contribution in [3.63, 3.8) is 0 Å². The first-order valence-electron chi connectivity index (χ1n) is 12.3. The normalized spacial score (nSPS) is 11.0. The molecule has 0 aliphatic heterocycles. The molecular weight excluding hydrogens is 382 g/mol. The summed E-state index contributed by atoms with van der Waals surface area (Å²) < 4.78 is 31.1. The minimum atomic E-state index is -1.03. The van der Waals surface area contributed by atoms with Crippen LogP contribution in [0, 0.1) is 11.6 Å². The first kappa shape index (κ1) is 26.6. The number of rotatable bonds is 19. The van der Waals surface area contributed by atoms with Gasteiger partial charge in [0.15, 0.2) is 11.6 Å². The highest BCUT2D eigenvalue weighted by molar-refractivity contribution is 5.89. The van der Waals surface area contributed by atoms with Gasteiger partial charge in [-0.2, -0.15) is 0 Å². The van der Waals surface area contributed by atoms with E-state index in [2.05, 4.69) is 6.92 Å². The number of carbonyl (C=O) groups is 1. The summed E-state index contributed by atoms with van der Waals surface area (Å²) in [6.07, 6.45) is 22.2. The van der Waals surface area contributed by atoms with Crippen LogP contribution in [0.5, 0.6) is 0 Å². The van der Waals surface area contributed by atoms with Gasteiger partial charge >= 0.3 is 5.97 Å². The summed E-state index contributed by atoms with van der Waals surface area (Å²) in [6.45, 7) is 2.60. The maximum atomic E-state index is 13.1.